The van der Waals surface area contributed by atoms with Gasteiger partial charge in [0.25, 0.3) is 0 Å². The minimum Gasteiger partial charge on any atom is -0.322 e. The first-order chi connectivity index (χ1) is 11.1. The number of nitrogens with one attached hydrogen (secondary N) is 1. The van der Waals surface area contributed by atoms with Crippen LogP contribution in [0.1, 0.15) is 11.3 Å². The molecule has 0 saturated carbocycles. The predicted molar refractivity (Wildman–Crippen MR) is 93.4 cm³/mol. The van der Waals surface area contributed by atoms with Gasteiger partial charge in [-0.25, -0.2) is 4.98 Å². The summed E-state index contributed by atoms with van der Waals surface area (Å²) in [6.45, 7) is 1.89. The normalized spacial score (nSPS) is 11.0. The molecule has 1 amide bonds. The second-order valence-electron chi connectivity index (χ2n) is 5.07. The zero-order chi connectivity index (χ0) is 16.2. The van der Waals surface area contributed by atoms with E-state index >= 15 is 0 Å². The van der Waals surface area contributed by atoms with Crippen LogP contribution in [-0.4, -0.2) is 15.9 Å². The monoisotopic (exact) mass is 323 g/mol. The lowest BCUT2D eigenvalue weighted by atomic mass is 10.2. The van der Waals surface area contributed by atoms with Crippen LogP contribution in [0.2, 0.25) is 5.02 Å². The molecule has 5 heteroatoms. The van der Waals surface area contributed by atoms with Crippen LogP contribution < -0.4 is 5.32 Å². The average Bonchev–Trinajstić information content (AvgIpc) is 2.55. The first-order valence-electron chi connectivity index (χ1n) is 7.09. The lowest BCUT2D eigenvalue weighted by molar-refractivity contribution is -0.111. The van der Waals surface area contributed by atoms with E-state index in [1.807, 2.05) is 31.2 Å². The third-order valence-electron chi connectivity index (χ3n) is 3.32. The van der Waals surface area contributed by atoms with Gasteiger partial charge in [-0.15, -0.1) is 0 Å². The van der Waals surface area contributed by atoms with Crippen molar-refractivity contribution in [1.29, 1.82) is 0 Å². The number of carbonyl (C=O) groups excluding carboxylic acids is 1. The minimum absolute atomic E-state index is 0.231. The molecule has 1 aromatic heterocycles. The van der Waals surface area contributed by atoms with Gasteiger partial charge < -0.3 is 5.32 Å². The standard InChI is InChI=1S/C18H14ClN3O/c1-12-10-13(19)6-8-15(12)22-18(23)9-7-14-11-20-16-4-2-3-5-17(16)21-14/h2-11H,1H3,(H,22,23)/b9-7+. The maximum absolute atomic E-state index is 12.0. The van der Waals surface area contributed by atoms with E-state index in [1.165, 1.54) is 6.08 Å². The molecule has 2 aromatic carbocycles. The van der Waals surface area contributed by atoms with E-state index in [-0.39, 0.29) is 5.91 Å². The Hall–Kier alpha value is -2.72. The Morgan fingerprint density at radius 1 is 1.17 bits per heavy atom. The number of fused-ring (bicyclic) bond motifs is 1. The van der Waals surface area contributed by atoms with Crippen molar-refractivity contribution < 1.29 is 4.79 Å². The van der Waals surface area contributed by atoms with Crippen LogP contribution >= 0.6 is 11.6 Å². The summed E-state index contributed by atoms with van der Waals surface area (Å²) in [4.78, 5) is 20.8. The number of aryl methyl sites for hydroxylation is 1. The number of hydrogen-bond acceptors (Lipinski definition) is 3. The Bertz CT molecular complexity index is 906. The van der Waals surface area contributed by atoms with Crippen LogP contribution in [0.25, 0.3) is 17.1 Å². The van der Waals surface area contributed by atoms with Crippen molar-refractivity contribution in [3.63, 3.8) is 0 Å². The van der Waals surface area contributed by atoms with Crippen molar-refractivity contribution in [2.75, 3.05) is 5.32 Å². The number of para-hydroxylation sites is 2. The van der Waals surface area contributed by atoms with Crippen molar-refractivity contribution in [1.82, 2.24) is 9.97 Å². The number of carbonyl (C=O) groups is 1. The smallest absolute Gasteiger partial charge is 0.248 e. The molecule has 23 heavy (non-hydrogen) atoms. The summed E-state index contributed by atoms with van der Waals surface area (Å²) in [7, 11) is 0. The highest BCUT2D eigenvalue weighted by molar-refractivity contribution is 6.30. The highest BCUT2D eigenvalue weighted by atomic mass is 35.5. The van der Waals surface area contributed by atoms with Gasteiger partial charge in [0, 0.05) is 16.8 Å². The Balaban J connectivity index is 1.74. The van der Waals surface area contributed by atoms with E-state index in [4.69, 9.17) is 11.6 Å². The average molecular weight is 324 g/mol. The van der Waals surface area contributed by atoms with Gasteiger partial charge in [0.15, 0.2) is 0 Å². The van der Waals surface area contributed by atoms with E-state index in [2.05, 4.69) is 15.3 Å². The molecular weight excluding hydrogens is 310 g/mol. The number of halogens is 1. The Labute approximate surface area is 138 Å². The van der Waals surface area contributed by atoms with Crippen molar-refractivity contribution in [2.45, 2.75) is 6.92 Å². The number of amides is 1. The molecule has 0 atom stereocenters. The second-order valence-corrected chi connectivity index (χ2v) is 5.50. The van der Waals surface area contributed by atoms with E-state index in [1.54, 1.807) is 30.5 Å². The SMILES string of the molecule is Cc1cc(Cl)ccc1NC(=O)/C=C/c1cnc2ccccc2n1. The molecule has 3 aromatic rings. The zero-order valence-corrected chi connectivity index (χ0v) is 13.2. The maximum atomic E-state index is 12.0. The van der Waals surface area contributed by atoms with Gasteiger partial charge in [0.2, 0.25) is 5.91 Å². The van der Waals surface area contributed by atoms with Gasteiger partial charge in [-0.05, 0) is 48.9 Å². The molecule has 0 saturated heterocycles. The van der Waals surface area contributed by atoms with Gasteiger partial charge in [0.1, 0.15) is 0 Å². The molecule has 0 fully saturated rings. The second kappa shape index (κ2) is 6.58. The first-order valence-corrected chi connectivity index (χ1v) is 7.46. The number of rotatable bonds is 3. The van der Waals surface area contributed by atoms with Crippen LogP contribution in [0.4, 0.5) is 5.69 Å². The van der Waals surface area contributed by atoms with Crippen molar-refractivity contribution in [2.24, 2.45) is 0 Å². The molecule has 0 aliphatic heterocycles. The molecule has 0 bridgehead atoms. The number of aromatic nitrogens is 2. The summed E-state index contributed by atoms with van der Waals surface area (Å²) < 4.78 is 0. The maximum Gasteiger partial charge on any atom is 0.248 e. The Kier molecular flexibility index (Phi) is 4.35. The number of anilines is 1. The highest BCUT2D eigenvalue weighted by Crippen LogP contribution is 2.19. The third kappa shape index (κ3) is 3.73. The molecular formula is C18H14ClN3O. The van der Waals surface area contributed by atoms with Crippen LogP contribution in [0.3, 0.4) is 0 Å². The summed E-state index contributed by atoms with van der Waals surface area (Å²) in [6, 6.07) is 12.9. The minimum atomic E-state index is -0.231. The molecule has 3 rings (SSSR count). The van der Waals surface area contributed by atoms with Crippen molar-refractivity contribution >= 4 is 40.3 Å². The number of benzene rings is 2. The largest absolute Gasteiger partial charge is 0.322 e. The molecule has 1 N–H and O–H groups in total. The highest BCUT2D eigenvalue weighted by Gasteiger charge is 2.03. The Morgan fingerprint density at radius 3 is 2.74 bits per heavy atom. The zero-order valence-electron chi connectivity index (χ0n) is 12.5. The van der Waals surface area contributed by atoms with Crippen LogP contribution in [0.15, 0.2) is 54.7 Å². The lowest BCUT2D eigenvalue weighted by Gasteiger charge is -2.06. The summed E-state index contributed by atoms with van der Waals surface area (Å²) in [5.41, 5.74) is 3.89. The fraction of sp³-hybridized carbons (Fsp3) is 0.0556. The summed E-state index contributed by atoms with van der Waals surface area (Å²) in [5, 5.41) is 3.45. The van der Waals surface area contributed by atoms with Crippen LogP contribution in [0.5, 0.6) is 0 Å². The molecule has 114 valence electrons. The number of hydrogen-bond donors (Lipinski definition) is 1. The first kappa shape index (κ1) is 15.2. The quantitative estimate of drug-likeness (QED) is 0.733. The fourth-order valence-electron chi connectivity index (χ4n) is 2.15. The van der Waals surface area contributed by atoms with E-state index < -0.39 is 0 Å². The molecule has 1 heterocycles. The van der Waals surface area contributed by atoms with Gasteiger partial charge in [-0.3, -0.25) is 9.78 Å². The van der Waals surface area contributed by atoms with Gasteiger partial charge >= 0.3 is 0 Å². The summed E-state index contributed by atoms with van der Waals surface area (Å²) in [6.07, 6.45) is 4.71. The molecule has 0 unspecified atom stereocenters. The molecule has 4 nitrogen and oxygen atoms in total. The summed E-state index contributed by atoms with van der Waals surface area (Å²) in [5.74, 6) is -0.231. The predicted octanol–water partition coefficient (Wildman–Crippen LogP) is 4.24. The molecule has 0 radical (unpaired) electrons. The van der Waals surface area contributed by atoms with E-state index in [0.717, 1.165) is 22.3 Å². The number of nitrogens with zero attached hydrogens (tertiary/aromatic N) is 2. The molecule has 0 aliphatic rings. The van der Waals surface area contributed by atoms with Gasteiger partial charge in [-0.2, -0.15) is 0 Å². The van der Waals surface area contributed by atoms with Crippen molar-refractivity contribution in [3.8, 4) is 0 Å². The van der Waals surface area contributed by atoms with Gasteiger partial charge in [-0.1, -0.05) is 23.7 Å². The lowest BCUT2D eigenvalue weighted by Crippen LogP contribution is -2.08. The molecule has 0 spiro atoms. The summed E-state index contributed by atoms with van der Waals surface area (Å²) >= 11 is 5.90. The topological polar surface area (TPSA) is 54.9 Å². The van der Waals surface area contributed by atoms with Crippen molar-refractivity contribution in [3.05, 3.63) is 71.0 Å². The van der Waals surface area contributed by atoms with Gasteiger partial charge in [0.05, 0.1) is 22.9 Å². The molecule has 0 aliphatic carbocycles. The van der Waals surface area contributed by atoms with Crippen LogP contribution in [0, 0.1) is 6.92 Å². The van der Waals surface area contributed by atoms with E-state index in [0.29, 0.717) is 10.7 Å². The van der Waals surface area contributed by atoms with E-state index in [9.17, 15) is 4.79 Å². The van der Waals surface area contributed by atoms with Crippen LogP contribution in [-0.2, 0) is 4.79 Å². The third-order valence-corrected chi connectivity index (χ3v) is 3.55. The fourth-order valence-corrected chi connectivity index (χ4v) is 2.38. The Morgan fingerprint density at radius 2 is 1.96 bits per heavy atom.